The molecule has 8 heteroatoms. The summed E-state index contributed by atoms with van der Waals surface area (Å²) in [6.45, 7) is 0. The summed E-state index contributed by atoms with van der Waals surface area (Å²) < 4.78 is 3.35. The van der Waals surface area contributed by atoms with Gasteiger partial charge in [0, 0.05) is 6.07 Å². The molecule has 0 amide bonds. The van der Waals surface area contributed by atoms with E-state index in [1.165, 1.54) is 12.1 Å². The molecule has 0 saturated heterocycles. The van der Waals surface area contributed by atoms with E-state index in [2.05, 4.69) is 0 Å². The van der Waals surface area contributed by atoms with Gasteiger partial charge in [-0.3, -0.25) is 20.2 Å². The zero-order valence-electron chi connectivity index (χ0n) is 11.8. The second-order valence-corrected chi connectivity index (χ2v) is 4.75. The van der Waals surface area contributed by atoms with E-state index in [-0.39, 0.29) is 17.1 Å². The highest BCUT2D eigenvalue weighted by atomic mass is 16.6. The molecule has 0 unspecified atom stereocenters. The summed E-state index contributed by atoms with van der Waals surface area (Å²) in [5.74, 6) is 0. The van der Waals surface area contributed by atoms with E-state index >= 15 is 0 Å². The third-order valence-corrected chi connectivity index (χ3v) is 3.34. The van der Waals surface area contributed by atoms with Gasteiger partial charge in [0.1, 0.15) is 18.1 Å². The van der Waals surface area contributed by atoms with Gasteiger partial charge in [-0.1, -0.05) is 18.2 Å². The average molecular weight is 311 g/mol. The minimum absolute atomic E-state index is 0.260. The van der Waals surface area contributed by atoms with Gasteiger partial charge < -0.3 is 0 Å². The Morgan fingerprint density at radius 2 is 1.70 bits per heavy atom. The average Bonchev–Trinajstić information content (AvgIpc) is 3.04. The van der Waals surface area contributed by atoms with Crippen LogP contribution in [-0.4, -0.2) is 14.4 Å². The number of non-ortho nitro benzene ring substituents is 1. The molecule has 0 fully saturated rings. The first-order valence-corrected chi connectivity index (χ1v) is 6.64. The van der Waals surface area contributed by atoms with Crippen molar-refractivity contribution in [2.75, 3.05) is 0 Å². The van der Waals surface area contributed by atoms with Crippen LogP contribution in [0.15, 0.2) is 67.3 Å². The van der Waals surface area contributed by atoms with E-state index in [1.54, 1.807) is 27.9 Å². The minimum Gasteiger partial charge on any atom is -0.258 e. The van der Waals surface area contributed by atoms with E-state index in [0.29, 0.717) is 0 Å². The molecule has 0 atom stereocenters. The Balaban J connectivity index is 2.07. The maximum Gasteiger partial charge on any atom is 0.322 e. The fourth-order valence-electron chi connectivity index (χ4n) is 2.24. The molecule has 2 aromatic carbocycles. The van der Waals surface area contributed by atoms with Gasteiger partial charge in [0.25, 0.3) is 12.0 Å². The lowest BCUT2D eigenvalue weighted by molar-refractivity contribution is -0.600. The molecule has 0 saturated carbocycles. The summed E-state index contributed by atoms with van der Waals surface area (Å²) in [5.41, 5.74) is 0.518. The second kappa shape index (κ2) is 5.68. The third kappa shape index (κ3) is 2.77. The first kappa shape index (κ1) is 14.4. The lowest BCUT2D eigenvalue weighted by atomic mass is 10.2. The standard InChI is InChI=1S/C15H11N4O4/c20-18(21)13-6-7-14(15(10-13)19(22)23)17-9-8-16(11-17)12-4-2-1-3-5-12/h1-11H/q+1. The van der Waals surface area contributed by atoms with Crippen molar-refractivity contribution in [1.82, 2.24) is 4.57 Å². The van der Waals surface area contributed by atoms with Crippen LogP contribution in [0.5, 0.6) is 0 Å². The highest BCUT2D eigenvalue weighted by Crippen LogP contribution is 2.24. The largest absolute Gasteiger partial charge is 0.322 e. The molecule has 0 N–H and O–H groups in total. The normalized spacial score (nSPS) is 10.4. The van der Waals surface area contributed by atoms with Gasteiger partial charge in [-0.25, -0.2) is 4.57 Å². The molecule has 8 nitrogen and oxygen atoms in total. The first-order valence-electron chi connectivity index (χ1n) is 6.64. The van der Waals surface area contributed by atoms with Gasteiger partial charge in [0.2, 0.25) is 5.69 Å². The lowest BCUT2D eigenvalue weighted by Crippen LogP contribution is -2.28. The predicted octanol–water partition coefficient (Wildman–Crippen LogP) is 2.57. The Kier molecular flexibility index (Phi) is 3.55. The van der Waals surface area contributed by atoms with Crippen molar-refractivity contribution in [3.05, 3.63) is 87.5 Å². The van der Waals surface area contributed by atoms with Crippen molar-refractivity contribution in [3.63, 3.8) is 0 Å². The van der Waals surface area contributed by atoms with Gasteiger partial charge in [-0.15, -0.1) is 0 Å². The third-order valence-electron chi connectivity index (χ3n) is 3.34. The molecule has 3 rings (SSSR count). The van der Waals surface area contributed by atoms with Crippen molar-refractivity contribution in [1.29, 1.82) is 0 Å². The molecule has 0 aliphatic carbocycles. The Morgan fingerprint density at radius 1 is 0.957 bits per heavy atom. The molecule has 114 valence electrons. The Hall–Kier alpha value is -3.55. The van der Waals surface area contributed by atoms with E-state index in [1.807, 2.05) is 30.3 Å². The van der Waals surface area contributed by atoms with Crippen LogP contribution in [0.2, 0.25) is 0 Å². The van der Waals surface area contributed by atoms with Crippen LogP contribution in [-0.2, 0) is 0 Å². The number of para-hydroxylation sites is 1. The SMILES string of the molecule is O=[N+]([O-])c1ccc(-[n+]2ccn(-c3ccccc3)c2)c([N+](=O)[O-])c1. The summed E-state index contributed by atoms with van der Waals surface area (Å²) >= 11 is 0. The van der Waals surface area contributed by atoms with Crippen LogP contribution in [0.4, 0.5) is 11.4 Å². The van der Waals surface area contributed by atoms with Gasteiger partial charge in [-0.05, 0) is 18.2 Å². The van der Waals surface area contributed by atoms with Gasteiger partial charge in [0.15, 0.2) is 0 Å². The number of nitro benzene ring substituents is 2. The predicted molar refractivity (Wildman–Crippen MR) is 80.6 cm³/mol. The molecule has 0 aliphatic heterocycles. The topological polar surface area (TPSA) is 95.1 Å². The maximum absolute atomic E-state index is 11.2. The fourth-order valence-corrected chi connectivity index (χ4v) is 2.24. The number of aromatic nitrogens is 2. The summed E-state index contributed by atoms with van der Waals surface area (Å²) in [7, 11) is 0. The van der Waals surface area contributed by atoms with Crippen LogP contribution in [0.3, 0.4) is 0 Å². The van der Waals surface area contributed by atoms with Gasteiger partial charge in [0.05, 0.1) is 15.9 Å². The number of hydrogen-bond donors (Lipinski definition) is 0. The molecule has 0 aliphatic rings. The first-order chi connectivity index (χ1) is 11.1. The van der Waals surface area contributed by atoms with Crippen LogP contribution in [0.1, 0.15) is 0 Å². The van der Waals surface area contributed by atoms with Crippen molar-refractivity contribution in [2.45, 2.75) is 0 Å². The molecular formula is C15H11N4O4+. The summed E-state index contributed by atoms with van der Waals surface area (Å²) in [5, 5.41) is 22.0. The Morgan fingerprint density at radius 3 is 2.35 bits per heavy atom. The highest BCUT2D eigenvalue weighted by Gasteiger charge is 2.24. The second-order valence-electron chi connectivity index (χ2n) is 4.75. The zero-order chi connectivity index (χ0) is 16.4. The Bertz CT molecular complexity index is 890. The van der Waals surface area contributed by atoms with E-state index in [9.17, 15) is 20.2 Å². The molecular weight excluding hydrogens is 300 g/mol. The van der Waals surface area contributed by atoms with E-state index < -0.39 is 9.85 Å². The minimum atomic E-state index is -0.656. The summed E-state index contributed by atoms with van der Waals surface area (Å²) in [4.78, 5) is 20.7. The molecule has 0 spiro atoms. The lowest BCUT2D eigenvalue weighted by Gasteiger charge is -1.99. The number of nitro groups is 2. The number of hydrogen-bond acceptors (Lipinski definition) is 4. The van der Waals surface area contributed by atoms with Gasteiger partial charge in [-0.2, -0.15) is 4.57 Å². The quantitative estimate of drug-likeness (QED) is 0.420. The number of nitrogens with zero attached hydrogens (tertiary/aromatic N) is 4. The smallest absolute Gasteiger partial charge is 0.258 e. The van der Waals surface area contributed by atoms with Crippen LogP contribution < -0.4 is 4.57 Å². The van der Waals surface area contributed by atoms with Gasteiger partial charge >= 0.3 is 5.69 Å². The van der Waals surface area contributed by atoms with Crippen LogP contribution in [0.25, 0.3) is 11.4 Å². The van der Waals surface area contributed by atoms with Crippen LogP contribution in [0, 0.1) is 20.2 Å². The van der Waals surface area contributed by atoms with Crippen molar-refractivity contribution in [3.8, 4) is 11.4 Å². The number of imidazole rings is 1. The van der Waals surface area contributed by atoms with Crippen molar-refractivity contribution in [2.24, 2.45) is 0 Å². The molecule has 0 bridgehead atoms. The van der Waals surface area contributed by atoms with Crippen molar-refractivity contribution >= 4 is 11.4 Å². The monoisotopic (exact) mass is 311 g/mol. The zero-order valence-corrected chi connectivity index (χ0v) is 11.8. The highest BCUT2D eigenvalue weighted by molar-refractivity contribution is 5.53. The molecule has 1 heterocycles. The Labute approximate surface area is 130 Å². The number of rotatable bonds is 4. The van der Waals surface area contributed by atoms with Crippen molar-refractivity contribution < 1.29 is 14.4 Å². The molecule has 3 aromatic rings. The fraction of sp³-hybridized carbons (Fsp3) is 0. The number of benzene rings is 2. The van der Waals surface area contributed by atoms with E-state index in [4.69, 9.17) is 0 Å². The maximum atomic E-state index is 11.2. The summed E-state index contributed by atoms with van der Waals surface area (Å²) in [6.07, 6.45) is 5.07. The summed E-state index contributed by atoms with van der Waals surface area (Å²) in [6, 6.07) is 13.0. The molecule has 0 radical (unpaired) electrons. The van der Waals surface area contributed by atoms with Crippen LogP contribution >= 0.6 is 0 Å². The molecule has 1 aromatic heterocycles. The van der Waals surface area contributed by atoms with E-state index in [0.717, 1.165) is 11.8 Å². The molecule has 23 heavy (non-hydrogen) atoms.